The molecule has 0 saturated carbocycles. The van der Waals surface area contributed by atoms with Crippen molar-refractivity contribution in [3.63, 3.8) is 0 Å². The molecule has 126 valence electrons. The van der Waals surface area contributed by atoms with E-state index in [9.17, 15) is 9.59 Å². The molecule has 0 unspecified atom stereocenters. The van der Waals surface area contributed by atoms with E-state index < -0.39 is 5.91 Å². The number of ether oxygens (including phenoxy) is 1. The molecule has 7 nitrogen and oxygen atoms in total. The van der Waals surface area contributed by atoms with E-state index in [1.807, 2.05) is 12.1 Å². The van der Waals surface area contributed by atoms with Gasteiger partial charge >= 0.3 is 0 Å². The first-order valence-electron chi connectivity index (χ1n) is 7.81. The Labute approximate surface area is 139 Å². The number of aromatic nitrogens is 1. The molecule has 0 spiro atoms. The molecule has 3 rings (SSSR count). The smallest absolute Gasteiger partial charge is 0.273 e. The summed E-state index contributed by atoms with van der Waals surface area (Å²) in [5.41, 5.74) is 1.79. The lowest BCUT2D eigenvalue weighted by atomic mass is 10.1. The maximum atomic E-state index is 12.2. The Kier molecular flexibility index (Phi) is 4.90. The van der Waals surface area contributed by atoms with Crippen molar-refractivity contribution in [2.24, 2.45) is 0 Å². The van der Waals surface area contributed by atoms with E-state index in [0.29, 0.717) is 24.5 Å². The Morgan fingerprint density at radius 1 is 1.21 bits per heavy atom. The number of benzene rings is 1. The van der Waals surface area contributed by atoms with Gasteiger partial charge in [-0.05, 0) is 31.2 Å². The Balaban J connectivity index is 1.55. The zero-order valence-electron chi connectivity index (χ0n) is 13.4. The van der Waals surface area contributed by atoms with E-state index in [2.05, 4.69) is 15.4 Å². The van der Waals surface area contributed by atoms with Crippen LogP contribution in [0.25, 0.3) is 0 Å². The fourth-order valence-electron chi connectivity index (χ4n) is 2.51. The molecule has 1 fully saturated rings. The average Bonchev–Trinajstić information content (AvgIpc) is 3.07. The Hall–Kier alpha value is -2.67. The molecule has 1 aromatic heterocycles. The summed E-state index contributed by atoms with van der Waals surface area (Å²) in [5, 5.41) is 6.17. The molecule has 2 heterocycles. The van der Waals surface area contributed by atoms with Crippen molar-refractivity contribution in [2.45, 2.75) is 6.92 Å². The number of amides is 1. The Bertz CT molecular complexity index is 718. The summed E-state index contributed by atoms with van der Waals surface area (Å²) in [6, 6.07) is 8.92. The van der Waals surface area contributed by atoms with Crippen LogP contribution in [-0.4, -0.2) is 49.7 Å². The molecule has 1 aliphatic heterocycles. The van der Waals surface area contributed by atoms with E-state index in [4.69, 9.17) is 9.26 Å². The number of aryl methyl sites for hydroxylation is 1. The first kappa shape index (κ1) is 16.2. The summed E-state index contributed by atoms with van der Waals surface area (Å²) in [6.45, 7) is 4.75. The molecule has 7 heteroatoms. The molecule has 0 radical (unpaired) electrons. The lowest BCUT2D eigenvalue weighted by molar-refractivity contribution is 0.0898. The summed E-state index contributed by atoms with van der Waals surface area (Å²) < 4.78 is 10.2. The Morgan fingerprint density at radius 3 is 2.54 bits per heavy atom. The monoisotopic (exact) mass is 329 g/mol. The summed E-state index contributed by atoms with van der Waals surface area (Å²) in [6.07, 6.45) is 0. The molecule has 2 aromatic rings. The number of anilines is 1. The fraction of sp³-hybridized carbons (Fsp3) is 0.353. The highest BCUT2D eigenvalue weighted by Gasteiger charge is 2.14. The van der Waals surface area contributed by atoms with Gasteiger partial charge in [-0.2, -0.15) is 0 Å². The van der Waals surface area contributed by atoms with Crippen LogP contribution in [0.5, 0.6) is 0 Å². The number of carbonyl (C=O) groups excluding carboxylic acids is 2. The van der Waals surface area contributed by atoms with Gasteiger partial charge in [-0.15, -0.1) is 0 Å². The molecule has 1 amide bonds. The lowest BCUT2D eigenvalue weighted by Crippen LogP contribution is -2.36. The molecular formula is C17H19N3O4. The van der Waals surface area contributed by atoms with Crippen molar-refractivity contribution in [2.75, 3.05) is 37.7 Å². The van der Waals surface area contributed by atoms with Crippen molar-refractivity contribution in [3.8, 4) is 0 Å². The highest BCUT2D eigenvalue weighted by atomic mass is 16.5. The van der Waals surface area contributed by atoms with E-state index in [-0.39, 0.29) is 18.0 Å². The highest BCUT2D eigenvalue weighted by molar-refractivity contribution is 6.01. The van der Waals surface area contributed by atoms with Crippen LogP contribution >= 0.6 is 0 Å². The minimum Gasteiger partial charge on any atom is -0.378 e. The van der Waals surface area contributed by atoms with Gasteiger partial charge in [0.2, 0.25) is 0 Å². The SMILES string of the molecule is Cc1cc(C(=O)NCC(=O)c2ccc(N3CCOCC3)cc2)no1. The van der Waals surface area contributed by atoms with Crippen LogP contribution in [0.3, 0.4) is 0 Å². The van der Waals surface area contributed by atoms with Crippen molar-refractivity contribution in [1.82, 2.24) is 10.5 Å². The third-order valence-corrected chi connectivity index (χ3v) is 3.84. The van der Waals surface area contributed by atoms with Gasteiger partial charge in [0.1, 0.15) is 5.76 Å². The quantitative estimate of drug-likeness (QED) is 0.836. The van der Waals surface area contributed by atoms with E-state index in [1.165, 1.54) is 6.07 Å². The maximum Gasteiger partial charge on any atom is 0.273 e. The van der Waals surface area contributed by atoms with Gasteiger partial charge in [-0.3, -0.25) is 9.59 Å². The van der Waals surface area contributed by atoms with E-state index in [1.54, 1.807) is 19.1 Å². The van der Waals surface area contributed by atoms with E-state index >= 15 is 0 Å². The number of ketones is 1. The van der Waals surface area contributed by atoms with Crippen LogP contribution in [0.1, 0.15) is 26.6 Å². The molecule has 0 atom stereocenters. The Morgan fingerprint density at radius 2 is 1.92 bits per heavy atom. The van der Waals surface area contributed by atoms with Gasteiger partial charge in [0.05, 0.1) is 19.8 Å². The van der Waals surface area contributed by atoms with Gasteiger partial charge in [0.25, 0.3) is 5.91 Å². The second-order valence-electron chi connectivity index (χ2n) is 5.57. The van der Waals surface area contributed by atoms with Crippen LogP contribution in [0.15, 0.2) is 34.9 Å². The second kappa shape index (κ2) is 7.27. The number of carbonyl (C=O) groups is 2. The predicted molar refractivity (Wildman–Crippen MR) is 87.4 cm³/mol. The van der Waals surface area contributed by atoms with Crippen molar-refractivity contribution in [3.05, 3.63) is 47.3 Å². The number of Topliss-reactive ketones (excluding diaryl/α,β-unsaturated/α-hetero) is 1. The molecule has 1 aromatic carbocycles. The summed E-state index contributed by atoms with van der Waals surface area (Å²) in [4.78, 5) is 26.2. The number of rotatable bonds is 5. The second-order valence-corrected chi connectivity index (χ2v) is 5.57. The number of hydrogen-bond acceptors (Lipinski definition) is 6. The maximum absolute atomic E-state index is 12.2. The molecular weight excluding hydrogens is 310 g/mol. The topological polar surface area (TPSA) is 84.7 Å². The third kappa shape index (κ3) is 3.80. The number of morpholine rings is 1. The first-order chi connectivity index (χ1) is 11.6. The van der Waals surface area contributed by atoms with Crippen molar-refractivity contribution >= 4 is 17.4 Å². The minimum atomic E-state index is -0.426. The van der Waals surface area contributed by atoms with Crippen LogP contribution in [-0.2, 0) is 4.74 Å². The molecule has 1 aliphatic rings. The number of hydrogen-bond donors (Lipinski definition) is 1. The van der Waals surface area contributed by atoms with E-state index in [0.717, 1.165) is 18.8 Å². The number of nitrogens with zero attached hydrogens (tertiary/aromatic N) is 2. The van der Waals surface area contributed by atoms with Gasteiger partial charge in [0.15, 0.2) is 11.5 Å². The molecule has 0 bridgehead atoms. The molecule has 0 aliphatic carbocycles. The predicted octanol–water partition coefficient (Wildman–Crippen LogP) is 1.43. The van der Waals surface area contributed by atoms with Crippen LogP contribution in [0.4, 0.5) is 5.69 Å². The zero-order chi connectivity index (χ0) is 16.9. The third-order valence-electron chi connectivity index (χ3n) is 3.84. The van der Waals surface area contributed by atoms with Gasteiger partial charge in [-0.1, -0.05) is 5.16 Å². The average molecular weight is 329 g/mol. The minimum absolute atomic E-state index is 0.0817. The lowest BCUT2D eigenvalue weighted by Gasteiger charge is -2.28. The summed E-state index contributed by atoms with van der Waals surface area (Å²) >= 11 is 0. The van der Waals surface area contributed by atoms with Crippen LogP contribution in [0, 0.1) is 6.92 Å². The number of nitrogens with one attached hydrogen (secondary N) is 1. The largest absolute Gasteiger partial charge is 0.378 e. The standard InChI is InChI=1S/C17H19N3O4/c1-12-10-15(19-24-12)17(22)18-11-16(21)13-2-4-14(5-3-13)20-6-8-23-9-7-20/h2-5,10H,6-9,11H2,1H3,(H,18,22). The van der Waals surface area contributed by atoms with Crippen LogP contribution in [0.2, 0.25) is 0 Å². The molecule has 24 heavy (non-hydrogen) atoms. The van der Waals surface area contributed by atoms with Crippen molar-refractivity contribution in [1.29, 1.82) is 0 Å². The fourth-order valence-corrected chi connectivity index (χ4v) is 2.51. The first-order valence-corrected chi connectivity index (χ1v) is 7.81. The summed E-state index contributed by atoms with van der Waals surface area (Å²) in [7, 11) is 0. The molecule has 1 saturated heterocycles. The normalized spacial score (nSPS) is 14.5. The van der Waals surface area contributed by atoms with Crippen LogP contribution < -0.4 is 10.2 Å². The van der Waals surface area contributed by atoms with Gasteiger partial charge < -0.3 is 19.5 Å². The molecule has 1 N–H and O–H groups in total. The van der Waals surface area contributed by atoms with Gasteiger partial charge in [0, 0.05) is 30.4 Å². The highest BCUT2D eigenvalue weighted by Crippen LogP contribution is 2.16. The summed E-state index contributed by atoms with van der Waals surface area (Å²) in [5.74, 6) is -0.0348. The zero-order valence-corrected chi connectivity index (χ0v) is 13.4. The van der Waals surface area contributed by atoms with Gasteiger partial charge in [-0.25, -0.2) is 0 Å². The van der Waals surface area contributed by atoms with Crippen molar-refractivity contribution < 1.29 is 18.8 Å².